The van der Waals surface area contributed by atoms with Crippen LogP contribution in [0.4, 0.5) is 0 Å². The second-order valence-electron chi connectivity index (χ2n) is 7.08. The molecule has 0 aromatic carbocycles. The lowest BCUT2D eigenvalue weighted by atomic mass is 9.92. The largest absolute Gasteiger partial charge is 0.349 e. The molecule has 0 bridgehead atoms. The maximum Gasteiger partial charge on any atom is 0.225 e. The highest BCUT2D eigenvalue weighted by molar-refractivity contribution is 5.83. The molecule has 5 nitrogen and oxygen atoms in total. The molecule has 3 N–H and O–H groups in total. The molecule has 1 heterocycles. The van der Waals surface area contributed by atoms with Crippen LogP contribution in [0, 0.1) is 11.8 Å². The van der Waals surface area contributed by atoms with Crippen molar-refractivity contribution in [2.75, 3.05) is 19.6 Å². The van der Waals surface area contributed by atoms with E-state index in [2.05, 4.69) is 5.32 Å². The monoisotopic (exact) mass is 293 g/mol. The Morgan fingerprint density at radius 2 is 1.81 bits per heavy atom. The smallest absolute Gasteiger partial charge is 0.225 e. The summed E-state index contributed by atoms with van der Waals surface area (Å²) in [6, 6.07) is 0. The fourth-order valence-electron chi connectivity index (χ4n) is 3.78. The summed E-state index contributed by atoms with van der Waals surface area (Å²) < 4.78 is 0. The molecule has 1 atom stereocenters. The van der Waals surface area contributed by atoms with Crippen LogP contribution in [0.15, 0.2) is 0 Å². The number of nitrogens with two attached hydrogens (primary N) is 1. The summed E-state index contributed by atoms with van der Waals surface area (Å²) in [5, 5.41) is 3.21. The fraction of sp³-hybridized carbons (Fsp3) is 0.875. The van der Waals surface area contributed by atoms with Gasteiger partial charge in [0.05, 0.1) is 11.5 Å². The van der Waals surface area contributed by atoms with Gasteiger partial charge in [-0.15, -0.1) is 0 Å². The van der Waals surface area contributed by atoms with Crippen molar-refractivity contribution < 1.29 is 9.59 Å². The Morgan fingerprint density at radius 3 is 2.43 bits per heavy atom. The van der Waals surface area contributed by atoms with E-state index in [4.69, 9.17) is 5.73 Å². The number of hydrogen-bond acceptors (Lipinski definition) is 3. The first-order valence-corrected chi connectivity index (χ1v) is 8.44. The van der Waals surface area contributed by atoms with Crippen molar-refractivity contribution in [2.24, 2.45) is 17.6 Å². The number of carbonyl (C=O) groups is 2. The van der Waals surface area contributed by atoms with Crippen molar-refractivity contribution >= 4 is 11.8 Å². The third-order valence-corrected chi connectivity index (χ3v) is 5.37. The van der Waals surface area contributed by atoms with Gasteiger partial charge in [-0.1, -0.05) is 12.8 Å². The summed E-state index contributed by atoms with van der Waals surface area (Å²) in [4.78, 5) is 26.6. The van der Waals surface area contributed by atoms with Gasteiger partial charge in [0.25, 0.3) is 0 Å². The summed E-state index contributed by atoms with van der Waals surface area (Å²) in [7, 11) is 0. The second kappa shape index (κ2) is 5.95. The minimum atomic E-state index is -0.181. The molecule has 0 aromatic heterocycles. The number of nitrogens with zero attached hydrogens (tertiary/aromatic N) is 1. The van der Waals surface area contributed by atoms with Crippen LogP contribution in [0.5, 0.6) is 0 Å². The van der Waals surface area contributed by atoms with Crippen molar-refractivity contribution in [3.8, 4) is 0 Å². The fourth-order valence-corrected chi connectivity index (χ4v) is 3.78. The van der Waals surface area contributed by atoms with E-state index in [0.29, 0.717) is 13.1 Å². The molecule has 3 aliphatic rings. The van der Waals surface area contributed by atoms with Gasteiger partial charge < -0.3 is 16.0 Å². The van der Waals surface area contributed by atoms with E-state index >= 15 is 0 Å². The minimum Gasteiger partial charge on any atom is -0.349 e. The molecular weight excluding hydrogens is 266 g/mol. The van der Waals surface area contributed by atoms with Gasteiger partial charge in [0, 0.05) is 25.6 Å². The van der Waals surface area contributed by atoms with Crippen molar-refractivity contribution in [2.45, 2.75) is 56.9 Å². The third kappa shape index (κ3) is 3.23. The zero-order chi connectivity index (χ0) is 14.9. The molecule has 118 valence electrons. The van der Waals surface area contributed by atoms with Gasteiger partial charge in [0.2, 0.25) is 11.8 Å². The molecule has 21 heavy (non-hydrogen) atoms. The van der Waals surface area contributed by atoms with Crippen LogP contribution in [0.2, 0.25) is 0 Å². The van der Waals surface area contributed by atoms with Crippen LogP contribution >= 0.6 is 0 Å². The summed E-state index contributed by atoms with van der Waals surface area (Å²) in [6.45, 7) is 1.94. The van der Waals surface area contributed by atoms with Crippen molar-refractivity contribution in [3.63, 3.8) is 0 Å². The predicted octanol–water partition coefficient (Wildman–Crippen LogP) is 1.02. The van der Waals surface area contributed by atoms with Crippen LogP contribution in [-0.4, -0.2) is 41.9 Å². The van der Waals surface area contributed by atoms with E-state index in [-0.39, 0.29) is 29.2 Å². The first-order chi connectivity index (χ1) is 10.1. The molecule has 3 rings (SSSR count). The minimum absolute atomic E-state index is 0.0505. The quantitative estimate of drug-likeness (QED) is 0.812. The molecule has 0 aromatic rings. The average Bonchev–Trinajstić information content (AvgIpc) is 3.27. The highest BCUT2D eigenvalue weighted by atomic mass is 16.2. The maximum atomic E-state index is 12.6. The van der Waals surface area contributed by atoms with E-state index in [9.17, 15) is 9.59 Å². The van der Waals surface area contributed by atoms with Gasteiger partial charge in [-0.05, 0) is 38.5 Å². The van der Waals surface area contributed by atoms with Crippen molar-refractivity contribution in [3.05, 3.63) is 0 Å². The molecule has 0 spiro atoms. The zero-order valence-corrected chi connectivity index (χ0v) is 12.8. The van der Waals surface area contributed by atoms with Crippen LogP contribution in [0.25, 0.3) is 0 Å². The van der Waals surface area contributed by atoms with Crippen LogP contribution in [0.1, 0.15) is 51.4 Å². The number of nitrogens with one attached hydrogen (secondary N) is 1. The Kier molecular flexibility index (Phi) is 4.20. The molecule has 1 unspecified atom stereocenters. The Balaban J connectivity index is 1.57. The van der Waals surface area contributed by atoms with Crippen molar-refractivity contribution in [1.82, 2.24) is 10.2 Å². The summed E-state index contributed by atoms with van der Waals surface area (Å²) in [5.41, 5.74) is 5.71. The third-order valence-electron chi connectivity index (χ3n) is 5.37. The molecule has 5 heteroatoms. The maximum absolute atomic E-state index is 12.6. The Hall–Kier alpha value is -1.10. The van der Waals surface area contributed by atoms with Crippen molar-refractivity contribution in [1.29, 1.82) is 0 Å². The summed E-state index contributed by atoms with van der Waals surface area (Å²) in [5.74, 6) is 0.569. The lowest BCUT2D eigenvalue weighted by Gasteiger charge is -2.35. The van der Waals surface area contributed by atoms with E-state index in [1.807, 2.05) is 4.90 Å². The molecule has 2 aliphatic carbocycles. The number of piperidine rings is 1. The Bertz CT molecular complexity index is 414. The summed E-state index contributed by atoms with van der Waals surface area (Å²) >= 11 is 0. The first kappa shape index (κ1) is 14.8. The number of rotatable bonds is 4. The Morgan fingerprint density at radius 1 is 1.10 bits per heavy atom. The molecular formula is C16H27N3O2. The number of carbonyl (C=O) groups excluding carboxylic acids is 2. The lowest BCUT2D eigenvalue weighted by molar-refractivity contribution is -0.137. The molecule has 1 saturated heterocycles. The molecule has 3 fully saturated rings. The lowest BCUT2D eigenvalue weighted by Crippen LogP contribution is -2.55. The van der Waals surface area contributed by atoms with Gasteiger partial charge in [-0.3, -0.25) is 9.59 Å². The standard InChI is InChI=1S/C16H27N3O2/c17-11-16(7-1-2-8-16)18-14(20)13-4-3-9-19(10-13)15(21)12-5-6-12/h12-13H,1-11,17H2,(H,18,20). The van der Waals surface area contributed by atoms with E-state index in [1.165, 1.54) is 0 Å². The van der Waals surface area contributed by atoms with Gasteiger partial charge >= 0.3 is 0 Å². The van der Waals surface area contributed by atoms with Gasteiger partial charge in [-0.2, -0.15) is 0 Å². The SMILES string of the molecule is NCC1(NC(=O)C2CCCN(C(=O)C3CC3)C2)CCCC1. The zero-order valence-electron chi connectivity index (χ0n) is 12.8. The van der Waals surface area contributed by atoms with E-state index in [0.717, 1.165) is 57.9 Å². The average molecular weight is 293 g/mol. The molecule has 0 radical (unpaired) electrons. The van der Waals surface area contributed by atoms with Gasteiger partial charge in [0.1, 0.15) is 0 Å². The highest BCUT2D eigenvalue weighted by Crippen LogP contribution is 2.33. The normalized spacial score (nSPS) is 28.4. The number of hydrogen-bond donors (Lipinski definition) is 2. The highest BCUT2D eigenvalue weighted by Gasteiger charge is 2.39. The molecule has 2 amide bonds. The summed E-state index contributed by atoms with van der Waals surface area (Å²) in [6.07, 6.45) is 8.17. The topological polar surface area (TPSA) is 75.4 Å². The van der Waals surface area contributed by atoms with E-state index in [1.54, 1.807) is 0 Å². The van der Waals surface area contributed by atoms with Gasteiger partial charge in [0.15, 0.2) is 0 Å². The van der Waals surface area contributed by atoms with Gasteiger partial charge in [-0.25, -0.2) is 0 Å². The number of amides is 2. The van der Waals surface area contributed by atoms with Crippen LogP contribution < -0.4 is 11.1 Å². The molecule has 1 aliphatic heterocycles. The second-order valence-corrected chi connectivity index (χ2v) is 7.08. The van der Waals surface area contributed by atoms with Crippen LogP contribution in [-0.2, 0) is 9.59 Å². The Labute approximate surface area is 126 Å². The number of likely N-dealkylation sites (tertiary alicyclic amines) is 1. The first-order valence-electron chi connectivity index (χ1n) is 8.44. The molecule has 2 saturated carbocycles. The predicted molar refractivity (Wildman–Crippen MR) is 80.4 cm³/mol. The van der Waals surface area contributed by atoms with E-state index < -0.39 is 0 Å². The van der Waals surface area contributed by atoms with Crippen LogP contribution in [0.3, 0.4) is 0 Å².